The summed E-state index contributed by atoms with van der Waals surface area (Å²) in [6.07, 6.45) is -0.578. The molecule has 1 aliphatic heterocycles. The SMILES string of the molecule is Cc1csc(C(=O)N2CCC(C)[C@H](c3cc(C(F)F)nc4ncnn34)C2)c1. The van der Waals surface area contributed by atoms with Gasteiger partial charge in [-0.05, 0) is 42.3 Å². The van der Waals surface area contributed by atoms with E-state index < -0.39 is 6.43 Å². The van der Waals surface area contributed by atoms with Crippen molar-refractivity contribution in [1.82, 2.24) is 24.5 Å². The van der Waals surface area contributed by atoms with Crippen molar-refractivity contribution in [2.24, 2.45) is 5.92 Å². The molecule has 1 unspecified atom stereocenters. The minimum Gasteiger partial charge on any atom is -0.337 e. The Hall–Kier alpha value is -2.42. The number of hydrogen-bond acceptors (Lipinski definition) is 5. The van der Waals surface area contributed by atoms with Crippen LogP contribution in [0, 0.1) is 12.8 Å². The first kappa shape index (κ1) is 18.0. The molecule has 27 heavy (non-hydrogen) atoms. The maximum atomic E-state index is 13.3. The molecule has 0 aliphatic carbocycles. The van der Waals surface area contributed by atoms with Gasteiger partial charge in [0.2, 0.25) is 0 Å². The molecule has 9 heteroatoms. The second kappa shape index (κ2) is 6.95. The molecule has 142 valence electrons. The van der Waals surface area contributed by atoms with Crippen molar-refractivity contribution >= 4 is 23.0 Å². The third-order valence-electron chi connectivity index (χ3n) is 5.09. The minimum absolute atomic E-state index is 0.0111. The van der Waals surface area contributed by atoms with Crippen molar-refractivity contribution in [3.8, 4) is 0 Å². The maximum Gasteiger partial charge on any atom is 0.280 e. The van der Waals surface area contributed by atoms with Gasteiger partial charge in [-0.1, -0.05) is 6.92 Å². The number of thiophene rings is 1. The van der Waals surface area contributed by atoms with Gasteiger partial charge < -0.3 is 4.90 Å². The molecule has 1 amide bonds. The quantitative estimate of drug-likeness (QED) is 0.683. The molecule has 0 radical (unpaired) electrons. The molecular formula is C18H19F2N5OS. The Labute approximate surface area is 158 Å². The van der Waals surface area contributed by atoms with Crippen molar-refractivity contribution in [1.29, 1.82) is 0 Å². The fourth-order valence-electron chi connectivity index (χ4n) is 3.57. The van der Waals surface area contributed by atoms with Crippen molar-refractivity contribution in [3.63, 3.8) is 0 Å². The van der Waals surface area contributed by atoms with Crippen LogP contribution in [0.3, 0.4) is 0 Å². The molecule has 0 saturated carbocycles. The van der Waals surface area contributed by atoms with E-state index in [9.17, 15) is 13.6 Å². The topological polar surface area (TPSA) is 63.4 Å². The number of halogens is 2. The normalized spacial score (nSPS) is 20.6. The lowest BCUT2D eigenvalue weighted by Crippen LogP contribution is -2.42. The first-order valence-electron chi connectivity index (χ1n) is 8.77. The van der Waals surface area contributed by atoms with E-state index in [0.29, 0.717) is 23.7 Å². The zero-order valence-electron chi connectivity index (χ0n) is 15.0. The lowest BCUT2D eigenvalue weighted by atomic mass is 9.84. The molecule has 2 atom stereocenters. The summed E-state index contributed by atoms with van der Waals surface area (Å²) < 4.78 is 28.1. The Morgan fingerprint density at radius 3 is 2.89 bits per heavy atom. The largest absolute Gasteiger partial charge is 0.337 e. The van der Waals surface area contributed by atoms with E-state index >= 15 is 0 Å². The molecule has 0 spiro atoms. The lowest BCUT2D eigenvalue weighted by Gasteiger charge is -2.37. The first-order valence-corrected chi connectivity index (χ1v) is 9.65. The smallest absolute Gasteiger partial charge is 0.280 e. The number of alkyl halides is 2. The van der Waals surface area contributed by atoms with Gasteiger partial charge in [0, 0.05) is 19.0 Å². The highest BCUT2D eigenvalue weighted by Crippen LogP contribution is 2.34. The molecule has 6 nitrogen and oxygen atoms in total. The number of fused-ring (bicyclic) bond motifs is 1. The fraction of sp³-hybridized carbons (Fsp3) is 0.444. The van der Waals surface area contributed by atoms with Gasteiger partial charge in [-0.3, -0.25) is 4.79 Å². The van der Waals surface area contributed by atoms with Crippen LogP contribution >= 0.6 is 11.3 Å². The summed E-state index contributed by atoms with van der Waals surface area (Å²) in [7, 11) is 0. The highest BCUT2D eigenvalue weighted by molar-refractivity contribution is 7.12. The zero-order chi connectivity index (χ0) is 19.1. The van der Waals surface area contributed by atoms with E-state index in [1.54, 1.807) is 4.90 Å². The molecule has 4 rings (SSSR count). The van der Waals surface area contributed by atoms with Crippen LogP contribution in [-0.4, -0.2) is 43.5 Å². The van der Waals surface area contributed by atoms with Crippen LogP contribution in [0.2, 0.25) is 0 Å². The Balaban J connectivity index is 1.69. The van der Waals surface area contributed by atoms with Crippen LogP contribution in [-0.2, 0) is 0 Å². The van der Waals surface area contributed by atoms with Crippen LogP contribution in [0.5, 0.6) is 0 Å². The fourth-order valence-corrected chi connectivity index (χ4v) is 4.43. The van der Waals surface area contributed by atoms with E-state index in [1.165, 1.54) is 28.2 Å². The van der Waals surface area contributed by atoms with Gasteiger partial charge in [-0.15, -0.1) is 11.3 Å². The number of aromatic nitrogens is 4. The number of piperidine rings is 1. The van der Waals surface area contributed by atoms with Crippen LogP contribution in [0.15, 0.2) is 23.8 Å². The van der Waals surface area contributed by atoms with Gasteiger partial charge in [0.05, 0.1) is 10.6 Å². The highest BCUT2D eigenvalue weighted by Gasteiger charge is 2.33. The molecule has 0 bridgehead atoms. The lowest BCUT2D eigenvalue weighted by molar-refractivity contribution is 0.0670. The van der Waals surface area contributed by atoms with Crippen LogP contribution in [0.4, 0.5) is 8.78 Å². The molecule has 1 aliphatic rings. The molecule has 1 fully saturated rings. The Bertz CT molecular complexity index is 985. The molecule has 4 heterocycles. The average Bonchev–Trinajstić information content (AvgIpc) is 3.29. The number of hydrogen-bond donors (Lipinski definition) is 0. The van der Waals surface area contributed by atoms with Gasteiger partial charge >= 0.3 is 0 Å². The van der Waals surface area contributed by atoms with Gasteiger partial charge in [0.25, 0.3) is 18.1 Å². The number of amides is 1. The van der Waals surface area contributed by atoms with E-state index in [0.717, 1.165) is 12.0 Å². The third-order valence-corrected chi connectivity index (χ3v) is 6.13. The van der Waals surface area contributed by atoms with Crippen molar-refractivity contribution in [2.45, 2.75) is 32.6 Å². The number of nitrogens with zero attached hydrogens (tertiary/aromatic N) is 5. The number of likely N-dealkylation sites (tertiary alicyclic amines) is 1. The van der Waals surface area contributed by atoms with Crippen molar-refractivity contribution in [2.75, 3.05) is 13.1 Å². The molecule has 0 N–H and O–H groups in total. The Morgan fingerprint density at radius 2 is 2.19 bits per heavy atom. The van der Waals surface area contributed by atoms with E-state index in [1.807, 2.05) is 18.4 Å². The molecule has 1 saturated heterocycles. The molecule has 3 aromatic heterocycles. The first-order chi connectivity index (χ1) is 12.9. The summed E-state index contributed by atoms with van der Waals surface area (Å²) in [6, 6.07) is 3.29. The van der Waals surface area contributed by atoms with Gasteiger partial charge in [0.15, 0.2) is 0 Å². The van der Waals surface area contributed by atoms with Crippen LogP contribution < -0.4 is 0 Å². The Morgan fingerprint density at radius 1 is 1.37 bits per heavy atom. The zero-order valence-corrected chi connectivity index (χ0v) is 15.8. The van der Waals surface area contributed by atoms with Gasteiger partial charge in [0.1, 0.15) is 12.0 Å². The predicted octanol–water partition coefficient (Wildman–Crippen LogP) is 3.70. The molecule has 0 aromatic carbocycles. The second-order valence-electron chi connectivity index (χ2n) is 6.99. The van der Waals surface area contributed by atoms with Crippen LogP contribution in [0.25, 0.3) is 5.78 Å². The number of aryl methyl sites for hydroxylation is 1. The number of carbonyl (C=O) groups is 1. The summed E-state index contributed by atoms with van der Waals surface area (Å²) in [4.78, 5) is 23.2. The van der Waals surface area contributed by atoms with E-state index in [-0.39, 0.29) is 29.2 Å². The number of carbonyl (C=O) groups excluding carboxylic acids is 1. The standard InChI is InChI=1S/C18H19F2N5OS/c1-10-5-15(27-8-10)17(26)24-4-3-11(2)12(7-24)14-6-13(16(19)20)23-18-21-9-22-25(14)18/h5-6,8-9,11-12,16H,3-4,7H2,1-2H3/t11?,12-/m1/s1. The monoisotopic (exact) mass is 391 g/mol. The summed E-state index contributed by atoms with van der Waals surface area (Å²) in [6.45, 7) is 5.14. The number of rotatable bonds is 3. The predicted molar refractivity (Wildman–Crippen MR) is 97.2 cm³/mol. The van der Waals surface area contributed by atoms with E-state index in [4.69, 9.17) is 0 Å². The highest BCUT2D eigenvalue weighted by atomic mass is 32.1. The second-order valence-corrected chi connectivity index (χ2v) is 7.90. The van der Waals surface area contributed by atoms with Crippen molar-refractivity contribution in [3.05, 3.63) is 45.7 Å². The summed E-state index contributed by atoms with van der Waals surface area (Å²) in [5.74, 6) is 0.253. The third kappa shape index (κ3) is 3.31. The Kier molecular flexibility index (Phi) is 4.63. The average molecular weight is 391 g/mol. The van der Waals surface area contributed by atoms with Gasteiger partial charge in [-0.25, -0.2) is 18.3 Å². The van der Waals surface area contributed by atoms with Gasteiger partial charge in [-0.2, -0.15) is 10.1 Å². The van der Waals surface area contributed by atoms with Crippen molar-refractivity contribution < 1.29 is 13.6 Å². The maximum absolute atomic E-state index is 13.3. The van der Waals surface area contributed by atoms with Crippen LogP contribution in [0.1, 0.15) is 52.3 Å². The molecular weight excluding hydrogens is 372 g/mol. The summed E-state index contributed by atoms with van der Waals surface area (Å²) >= 11 is 1.43. The summed E-state index contributed by atoms with van der Waals surface area (Å²) in [5.41, 5.74) is 1.38. The minimum atomic E-state index is -2.68. The van der Waals surface area contributed by atoms with E-state index in [2.05, 4.69) is 22.0 Å². The molecule has 3 aromatic rings. The summed E-state index contributed by atoms with van der Waals surface area (Å²) in [5, 5.41) is 6.11.